The standard InChI is InChI=1S/C34H38N2O6/c1-3-19-41-27-13-14-29(24(2)22-27)32(37)30-31(25-9-7-12-28(23-25)42-26-10-5-4-6-11-26)36(34(39)33(30)38)16-8-15-35-17-20-40-21-18-35/h4-7,9-14,22-23,31,37H,3,8,15-21H2,1-2H3/b32-30+. The Kier molecular flexibility index (Phi) is 9.56. The molecule has 0 spiro atoms. The second kappa shape index (κ2) is 13.7. The normalized spacial score (nSPS) is 18.8. The maximum Gasteiger partial charge on any atom is 0.295 e. The fourth-order valence-corrected chi connectivity index (χ4v) is 5.48. The van der Waals surface area contributed by atoms with Gasteiger partial charge in [0, 0.05) is 31.7 Å². The molecule has 2 saturated heterocycles. The van der Waals surface area contributed by atoms with E-state index in [1.807, 2.05) is 74.5 Å². The van der Waals surface area contributed by atoms with Crippen molar-refractivity contribution in [3.8, 4) is 17.2 Å². The number of Topliss-reactive ketones (excluding diaryl/α,β-unsaturated/α-hetero) is 1. The smallest absolute Gasteiger partial charge is 0.295 e. The SMILES string of the molecule is CCCOc1ccc(/C(O)=C2\C(=O)C(=O)N(CCCN3CCOCC3)C2c2cccc(Oc3ccccc3)c2)c(C)c1. The number of ether oxygens (including phenoxy) is 3. The van der Waals surface area contributed by atoms with E-state index in [4.69, 9.17) is 14.2 Å². The molecule has 0 bridgehead atoms. The van der Waals surface area contributed by atoms with Crippen LogP contribution in [0.3, 0.4) is 0 Å². The average molecular weight is 571 g/mol. The number of aryl methyl sites for hydroxylation is 1. The lowest BCUT2D eigenvalue weighted by Gasteiger charge is -2.29. The summed E-state index contributed by atoms with van der Waals surface area (Å²) in [7, 11) is 0. The molecule has 0 radical (unpaired) electrons. The molecule has 42 heavy (non-hydrogen) atoms. The molecule has 2 aliphatic rings. The van der Waals surface area contributed by atoms with Gasteiger partial charge >= 0.3 is 0 Å². The summed E-state index contributed by atoms with van der Waals surface area (Å²) in [5.74, 6) is 0.448. The highest BCUT2D eigenvalue weighted by Gasteiger charge is 2.46. The molecule has 220 valence electrons. The van der Waals surface area contributed by atoms with Crippen LogP contribution in [0.15, 0.2) is 78.4 Å². The van der Waals surface area contributed by atoms with Crippen LogP contribution < -0.4 is 9.47 Å². The number of nitrogens with zero attached hydrogens (tertiary/aromatic N) is 2. The van der Waals surface area contributed by atoms with Crippen molar-refractivity contribution in [2.45, 2.75) is 32.7 Å². The Labute approximate surface area is 247 Å². The summed E-state index contributed by atoms with van der Waals surface area (Å²) in [5.41, 5.74) is 2.01. The second-order valence-electron chi connectivity index (χ2n) is 10.6. The van der Waals surface area contributed by atoms with Crippen molar-refractivity contribution < 1.29 is 28.9 Å². The zero-order chi connectivity index (χ0) is 29.5. The summed E-state index contributed by atoms with van der Waals surface area (Å²) >= 11 is 0. The molecule has 8 nitrogen and oxygen atoms in total. The van der Waals surface area contributed by atoms with Gasteiger partial charge in [0.1, 0.15) is 23.0 Å². The number of carbonyl (C=O) groups is 2. The van der Waals surface area contributed by atoms with Gasteiger partial charge in [0.25, 0.3) is 11.7 Å². The number of para-hydroxylation sites is 1. The molecule has 1 atom stereocenters. The Morgan fingerprint density at radius 1 is 0.929 bits per heavy atom. The first kappa shape index (κ1) is 29.4. The molecule has 1 amide bonds. The average Bonchev–Trinajstić information content (AvgIpc) is 3.26. The maximum absolute atomic E-state index is 13.6. The molecular weight excluding hydrogens is 532 g/mol. The molecule has 5 rings (SSSR count). The third kappa shape index (κ3) is 6.66. The molecule has 2 fully saturated rings. The van der Waals surface area contributed by atoms with E-state index in [1.54, 1.807) is 17.0 Å². The van der Waals surface area contributed by atoms with Crippen LogP contribution >= 0.6 is 0 Å². The van der Waals surface area contributed by atoms with Crippen molar-refractivity contribution in [2.75, 3.05) is 46.0 Å². The van der Waals surface area contributed by atoms with Gasteiger partial charge in [-0.15, -0.1) is 0 Å². The van der Waals surface area contributed by atoms with Crippen molar-refractivity contribution in [1.82, 2.24) is 9.80 Å². The van der Waals surface area contributed by atoms with Gasteiger partial charge in [-0.2, -0.15) is 0 Å². The topological polar surface area (TPSA) is 88.5 Å². The number of carbonyl (C=O) groups excluding carboxylic acids is 2. The van der Waals surface area contributed by atoms with E-state index in [9.17, 15) is 14.7 Å². The summed E-state index contributed by atoms with van der Waals surface area (Å²) in [6.45, 7) is 8.71. The summed E-state index contributed by atoms with van der Waals surface area (Å²) in [4.78, 5) is 31.0. The van der Waals surface area contributed by atoms with Crippen LogP contribution in [0.4, 0.5) is 0 Å². The van der Waals surface area contributed by atoms with E-state index in [0.717, 1.165) is 31.6 Å². The van der Waals surface area contributed by atoms with Crippen LogP contribution in [0.25, 0.3) is 5.76 Å². The van der Waals surface area contributed by atoms with Crippen molar-refractivity contribution >= 4 is 17.4 Å². The number of amides is 1. The molecule has 0 aromatic heterocycles. The fraction of sp³-hybridized carbons (Fsp3) is 0.353. The Balaban J connectivity index is 1.50. The summed E-state index contributed by atoms with van der Waals surface area (Å²) in [5, 5.41) is 11.6. The van der Waals surface area contributed by atoms with E-state index in [2.05, 4.69) is 4.90 Å². The van der Waals surface area contributed by atoms with Gasteiger partial charge in [-0.3, -0.25) is 14.5 Å². The summed E-state index contributed by atoms with van der Waals surface area (Å²) in [6, 6.07) is 21.4. The summed E-state index contributed by atoms with van der Waals surface area (Å²) in [6.07, 6.45) is 1.56. The molecule has 2 heterocycles. The third-order valence-corrected chi connectivity index (χ3v) is 7.60. The number of hydrogen-bond acceptors (Lipinski definition) is 7. The highest BCUT2D eigenvalue weighted by molar-refractivity contribution is 6.46. The van der Waals surface area contributed by atoms with E-state index < -0.39 is 17.7 Å². The van der Waals surface area contributed by atoms with Crippen LogP contribution in [0, 0.1) is 6.92 Å². The van der Waals surface area contributed by atoms with E-state index in [0.29, 0.717) is 61.2 Å². The number of rotatable bonds is 11. The van der Waals surface area contributed by atoms with Gasteiger partial charge in [-0.05, 0) is 73.4 Å². The zero-order valence-electron chi connectivity index (χ0n) is 24.3. The van der Waals surface area contributed by atoms with Crippen LogP contribution in [0.2, 0.25) is 0 Å². The molecule has 0 saturated carbocycles. The lowest BCUT2D eigenvalue weighted by atomic mass is 9.93. The molecule has 1 unspecified atom stereocenters. The number of aliphatic hydroxyl groups excluding tert-OH is 1. The Morgan fingerprint density at radius 3 is 2.43 bits per heavy atom. The van der Waals surface area contributed by atoms with Crippen molar-refractivity contribution in [3.63, 3.8) is 0 Å². The number of ketones is 1. The Hall–Kier alpha value is -4.14. The van der Waals surface area contributed by atoms with Gasteiger partial charge in [0.2, 0.25) is 0 Å². The molecule has 1 N–H and O–H groups in total. The van der Waals surface area contributed by atoms with Crippen LogP contribution in [0.5, 0.6) is 17.2 Å². The third-order valence-electron chi connectivity index (χ3n) is 7.60. The maximum atomic E-state index is 13.6. The molecule has 8 heteroatoms. The minimum atomic E-state index is -0.760. The van der Waals surface area contributed by atoms with Crippen LogP contribution in [0.1, 0.15) is 42.5 Å². The second-order valence-corrected chi connectivity index (χ2v) is 10.6. The van der Waals surface area contributed by atoms with E-state index in [1.165, 1.54) is 0 Å². The fourth-order valence-electron chi connectivity index (χ4n) is 5.48. The zero-order valence-corrected chi connectivity index (χ0v) is 24.3. The number of benzene rings is 3. The van der Waals surface area contributed by atoms with Gasteiger partial charge in [-0.1, -0.05) is 37.3 Å². The van der Waals surface area contributed by atoms with E-state index in [-0.39, 0.29) is 11.3 Å². The lowest BCUT2D eigenvalue weighted by Crippen LogP contribution is -2.38. The highest BCUT2D eigenvalue weighted by atomic mass is 16.5. The number of aliphatic hydroxyl groups is 1. The minimum Gasteiger partial charge on any atom is -0.507 e. The molecule has 3 aromatic carbocycles. The first-order valence-electron chi connectivity index (χ1n) is 14.6. The monoisotopic (exact) mass is 570 g/mol. The van der Waals surface area contributed by atoms with E-state index >= 15 is 0 Å². The Morgan fingerprint density at radius 2 is 1.69 bits per heavy atom. The first-order valence-corrected chi connectivity index (χ1v) is 14.6. The summed E-state index contributed by atoms with van der Waals surface area (Å²) < 4.78 is 17.3. The van der Waals surface area contributed by atoms with Crippen LogP contribution in [-0.4, -0.2) is 72.6 Å². The molecule has 3 aromatic rings. The minimum absolute atomic E-state index is 0.0774. The van der Waals surface area contributed by atoms with Crippen LogP contribution in [-0.2, 0) is 14.3 Å². The Bertz CT molecular complexity index is 1430. The largest absolute Gasteiger partial charge is 0.507 e. The predicted molar refractivity (Wildman–Crippen MR) is 161 cm³/mol. The van der Waals surface area contributed by atoms with Crippen molar-refractivity contribution in [3.05, 3.63) is 95.1 Å². The number of morpholine rings is 1. The van der Waals surface area contributed by atoms with Crippen molar-refractivity contribution in [1.29, 1.82) is 0 Å². The quantitative estimate of drug-likeness (QED) is 0.179. The molecule has 0 aliphatic carbocycles. The lowest BCUT2D eigenvalue weighted by molar-refractivity contribution is -0.140. The van der Waals surface area contributed by atoms with Crippen molar-refractivity contribution in [2.24, 2.45) is 0 Å². The molecular formula is C34H38N2O6. The van der Waals surface area contributed by atoms with Gasteiger partial charge in [0.15, 0.2) is 0 Å². The van der Waals surface area contributed by atoms with Gasteiger partial charge in [0.05, 0.1) is 31.4 Å². The highest BCUT2D eigenvalue weighted by Crippen LogP contribution is 2.41. The molecule has 2 aliphatic heterocycles. The number of likely N-dealkylation sites (tertiary alicyclic amines) is 1. The predicted octanol–water partition coefficient (Wildman–Crippen LogP) is 5.72. The number of hydrogen-bond donors (Lipinski definition) is 1. The van der Waals surface area contributed by atoms with Gasteiger partial charge < -0.3 is 24.2 Å². The van der Waals surface area contributed by atoms with Gasteiger partial charge in [-0.25, -0.2) is 0 Å². The first-order chi connectivity index (χ1) is 20.5.